The Bertz CT molecular complexity index is 454. The molecule has 0 aliphatic carbocycles. The van der Waals surface area contributed by atoms with E-state index in [-0.39, 0.29) is 6.61 Å². The second-order valence-electron chi connectivity index (χ2n) is 5.18. The largest absolute Gasteiger partial charge is 0.393 e. The van der Waals surface area contributed by atoms with Crippen molar-refractivity contribution in [3.05, 3.63) is 29.1 Å². The van der Waals surface area contributed by atoms with Gasteiger partial charge in [0.25, 0.3) is 0 Å². The molecular formula is C14H23N3O2. The Kier molecular flexibility index (Phi) is 4.74. The smallest absolute Gasteiger partial charge is 0.121 e. The molecule has 0 saturated carbocycles. The highest BCUT2D eigenvalue weighted by Gasteiger charge is 2.19. The van der Waals surface area contributed by atoms with Crippen LogP contribution < -0.4 is 0 Å². The zero-order chi connectivity index (χ0) is 13.8. The number of fused-ring (bicyclic) bond motifs is 1. The number of rotatable bonds is 4. The minimum atomic E-state index is -0.870. The zero-order valence-electron chi connectivity index (χ0n) is 11.7. The fourth-order valence-corrected chi connectivity index (χ4v) is 2.39. The molecule has 0 saturated heterocycles. The summed E-state index contributed by atoms with van der Waals surface area (Å²) in [6.45, 7) is 7.68. The monoisotopic (exact) mass is 265 g/mol. The molecule has 0 bridgehead atoms. The normalized spacial score (nSPS) is 19.1. The summed E-state index contributed by atoms with van der Waals surface area (Å²) in [5, 5.41) is 23.0. The van der Waals surface area contributed by atoms with Gasteiger partial charge in [0.2, 0.25) is 0 Å². The van der Waals surface area contributed by atoms with E-state index in [1.807, 2.05) is 10.7 Å². The van der Waals surface area contributed by atoms with Gasteiger partial charge in [-0.2, -0.15) is 5.10 Å². The molecule has 0 fully saturated rings. The third-order valence-corrected chi connectivity index (χ3v) is 3.59. The maximum atomic E-state index is 9.65. The van der Waals surface area contributed by atoms with E-state index in [1.54, 1.807) is 0 Å². The Hall–Kier alpha value is -1.17. The number of aliphatic hydroxyl groups is 2. The number of hydrogen-bond acceptors (Lipinski definition) is 4. The van der Waals surface area contributed by atoms with Crippen molar-refractivity contribution in [1.82, 2.24) is 14.7 Å². The maximum absolute atomic E-state index is 9.65. The lowest BCUT2D eigenvalue weighted by Crippen LogP contribution is -2.25. The van der Waals surface area contributed by atoms with Crippen molar-refractivity contribution in [3.8, 4) is 0 Å². The third kappa shape index (κ3) is 3.43. The van der Waals surface area contributed by atoms with Crippen LogP contribution >= 0.6 is 0 Å². The summed E-state index contributed by atoms with van der Waals surface area (Å²) >= 11 is 0. The second kappa shape index (κ2) is 6.32. The first-order valence-corrected chi connectivity index (χ1v) is 6.83. The SMILES string of the molecule is C/C=C(\C)CN1CCCn2nc([C@@H](O)CO)cc2C1. The fourth-order valence-electron chi connectivity index (χ4n) is 2.39. The van der Waals surface area contributed by atoms with Gasteiger partial charge in [-0.25, -0.2) is 0 Å². The van der Waals surface area contributed by atoms with Crippen LogP contribution in [0.2, 0.25) is 0 Å². The van der Waals surface area contributed by atoms with Crippen LogP contribution in [0, 0.1) is 0 Å². The van der Waals surface area contributed by atoms with Gasteiger partial charge in [-0.1, -0.05) is 11.6 Å². The van der Waals surface area contributed by atoms with Gasteiger partial charge in [0.15, 0.2) is 0 Å². The Morgan fingerprint density at radius 2 is 2.32 bits per heavy atom. The van der Waals surface area contributed by atoms with Crippen molar-refractivity contribution >= 4 is 0 Å². The lowest BCUT2D eigenvalue weighted by atomic mass is 10.2. The molecule has 0 aromatic carbocycles. The van der Waals surface area contributed by atoms with E-state index in [1.165, 1.54) is 5.57 Å². The maximum Gasteiger partial charge on any atom is 0.121 e. The molecule has 1 aliphatic heterocycles. The van der Waals surface area contributed by atoms with E-state index < -0.39 is 6.10 Å². The van der Waals surface area contributed by atoms with E-state index in [0.717, 1.165) is 38.3 Å². The van der Waals surface area contributed by atoms with Crippen molar-refractivity contribution in [2.75, 3.05) is 19.7 Å². The van der Waals surface area contributed by atoms with E-state index >= 15 is 0 Å². The molecule has 19 heavy (non-hydrogen) atoms. The highest BCUT2D eigenvalue weighted by molar-refractivity contribution is 5.14. The van der Waals surface area contributed by atoms with Gasteiger partial charge in [-0.15, -0.1) is 0 Å². The molecule has 2 rings (SSSR count). The Morgan fingerprint density at radius 1 is 1.53 bits per heavy atom. The number of hydrogen-bond donors (Lipinski definition) is 2. The molecule has 1 aromatic rings. The first kappa shape index (κ1) is 14.2. The van der Waals surface area contributed by atoms with Crippen molar-refractivity contribution in [2.45, 2.75) is 39.5 Å². The standard InChI is InChI=1S/C14H23N3O2/c1-3-11(2)8-16-5-4-6-17-12(9-16)7-13(15-17)14(19)10-18/h3,7,14,18-19H,4-6,8-10H2,1-2H3/b11-3+/t14-/m0/s1. The molecule has 5 nitrogen and oxygen atoms in total. The second-order valence-corrected chi connectivity index (χ2v) is 5.18. The summed E-state index contributed by atoms with van der Waals surface area (Å²) in [4.78, 5) is 2.39. The minimum Gasteiger partial charge on any atom is -0.393 e. The van der Waals surface area contributed by atoms with E-state index in [0.29, 0.717) is 5.69 Å². The molecule has 0 amide bonds. The van der Waals surface area contributed by atoms with Gasteiger partial charge in [0, 0.05) is 26.2 Å². The average molecular weight is 265 g/mol. The summed E-state index contributed by atoms with van der Waals surface area (Å²) in [7, 11) is 0. The summed E-state index contributed by atoms with van der Waals surface area (Å²) in [6, 6.07) is 1.91. The molecule has 1 atom stereocenters. The van der Waals surface area contributed by atoms with E-state index in [4.69, 9.17) is 5.11 Å². The first-order chi connectivity index (χ1) is 9.13. The third-order valence-electron chi connectivity index (χ3n) is 3.59. The predicted octanol–water partition coefficient (Wildman–Crippen LogP) is 1.08. The lowest BCUT2D eigenvalue weighted by Gasteiger charge is -2.19. The lowest BCUT2D eigenvalue weighted by molar-refractivity contribution is 0.0916. The van der Waals surface area contributed by atoms with Crippen LogP contribution in [0.4, 0.5) is 0 Å². The number of allylic oxidation sites excluding steroid dienone is 1. The summed E-state index contributed by atoms with van der Waals surface area (Å²) in [5.74, 6) is 0. The summed E-state index contributed by atoms with van der Waals surface area (Å²) < 4.78 is 1.96. The summed E-state index contributed by atoms with van der Waals surface area (Å²) in [6.07, 6.45) is 2.33. The van der Waals surface area contributed by atoms with Crippen molar-refractivity contribution < 1.29 is 10.2 Å². The molecule has 0 unspecified atom stereocenters. The average Bonchev–Trinajstić information content (AvgIpc) is 2.71. The van der Waals surface area contributed by atoms with Crippen LogP contribution in [-0.4, -0.2) is 44.6 Å². The van der Waals surface area contributed by atoms with Crippen LogP contribution in [0.25, 0.3) is 0 Å². The van der Waals surface area contributed by atoms with Gasteiger partial charge < -0.3 is 10.2 Å². The predicted molar refractivity (Wildman–Crippen MR) is 73.6 cm³/mol. The van der Waals surface area contributed by atoms with Crippen LogP contribution in [0.15, 0.2) is 17.7 Å². The molecule has 2 N–H and O–H groups in total. The quantitative estimate of drug-likeness (QED) is 0.800. The molecule has 1 aromatic heterocycles. The van der Waals surface area contributed by atoms with Crippen molar-refractivity contribution in [3.63, 3.8) is 0 Å². The van der Waals surface area contributed by atoms with E-state index in [9.17, 15) is 5.11 Å². The minimum absolute atomic E-state index is 0.280. The Balaban J connectivity index is 2.12. The van der Waals surface area contributed by atoms with Crippen LogP contribution in [0.3, 0.4) is 0 Å². The number of aryl methyl sites for hydroxylation is 1. The summed E-state index contributed by atoms with van der Waals surface area (Å²) in [5.41, 5.74) is 3.05. The number of nitrogens with zero attached hydrogens (tertiary/aromatic N) is 3. The molecule has 106 valence electrons. The van der Waals surface area contributed by atoms with Crippen LogP contribution in [0.1, 0.15) is 37.8 Å². The number of aliphatic hydroxyl groups excluding tert-OH is 2. The van der Waals surface area contributed by atoms with Crippen molar-refractivity contribution in [2.24, 2.45) is 0 Å². The molecule has 0 radical (unpaired) electrons. The van der Waals surface area contributed by atoms with Crippen LogP contribution in [-0.2, 0) is 13.1 Å². The number of aromatic nitrogens is 2. The van der Waals surface area contributed by atoms with Crippen molar-refractivity contribution in [1.29, 1.82) is 0 Å². The topological polar surface area (TPSA) is 61.5 Å². The zero-order valence-corrected chi connectivity index (χ0v) is 11.7. The fraction of sp³-hybridized carbons (Fsp3) is 0.643. The highest BCUT2D eigenvalue weighted by Crippen LogP contribution is 2.18. The highest BCUT2D eigenvalue weighted by atomic mass is 16.3. The molecule has 5 heteroatoms. The van der Waals surface area contributed by atoms with Gasteiger partial charge in [0.05, 0.1) is 18.0 Å². The van der Waals surface area contributed by atoms with Gasteiger partial charge in [-0.05, 0) is 26.3 Å². The van der Waals surface area contributed by atoms with Gasteiger partial charge in [-0.3, -0.25) is 9.58 Å². The van der Waals surface area contributed by atoms with Gasteiger partial charge >= 0.3 is 0 Å². The Labute approximate surface area is 114 Å². The van der Waals surface area contributed by atoms with Gasteiger partial charge in [0.1, 0.15) is 6.10 Å². The molecule has 0 spiro atoms. The molecule has 1 aliphatic rings. The molecule has 2 heterocycles. The Morgan fingerprint density at radius 3 is 3.00 bits per heavy atom. The van der Waals surface area contributed by atoms with E-state index in [2.05, 4.69) is 29.9 Å². The molecular weight excluding hydrogens is 242 g/mol. The van der Waals surface area contributed by atoms with Crippen LogP contribution in [0.5, 0.6) is 0 Å². The first-order valence-electron chi connectivity index (χ1n) is 6.83.